The maximum absolute atomic E-state index is 4.90. The standard InChI is InChI=1S/C23H19N2/c1-15-8-7-9-16(2)22(15)21-14-24-23-19-12-4-3-10-17(19)18-11-5-6-13-20(18)25(21)23/h3-14,23H,1-2H3/q+1. The Labute approximate surface area is 147 Å². The molecule has 1 atom stereocenters. The van der Waals surface area contributed by atoms with Crippen LogP contribution in [0.4, 0.5) is 5.69 Å². The predicted octanol–water partition coefficient (Wildman–Crippen LogP) is 5.20. The van der Waals surface area contributed by atoms with Gasteiger partial charge in [0.05, 0.1) is 16.7 Å². The van der Waals surface area contributed by atoms with Crippen LogP contribution in [-0.2, 0) is 0 Å². The third-order valence-electron chi connectivity index (χ3n) is 5.27. The molecule has 1 unspecified atom stereocenters. The van der Waals surface area contributed by atoms with Gasteiger partial charge in [-0.3, -0.25) is 0 Å². The van der Waals surface area contributed by atoms with Gasteiger partial charge >= 0.3 is 0 Å². The molecule has 5 rings (SSSR count). The van der Waals surface area contributed by atoms with Crippen molar-refractivity contribution >= 4 is 17.6 Å². The molecule has 2 heterocycles. The Balaban J connectivity index is 1.87. The minimum Gasteiger partial charge on any atom is -0.214 e. The van der Waals surface area contributed by atoms with E-state index in [2.05, 4.69) is 91.4 Å². The van der Waals surface area contributed by atoms with Crippen molar-refractivity contribution in [3.05, 3.63) is 89.0 Å². The van der Waals surface area contributed by atoms with E-state index in [0.29, 0.717) is 0 Å². The highest BCUT2D eigenvalue weighted by Gasteiger charge is 2.41. The Bertz CT molecular complexity index is 1050. The monoisotopic (exact) mass is 323 g/mol. The number of aliphatic imine (C=N–C) groups is 1. The zero-order valence-corrected chi connectivity index (χ0v) is 14.4. The van der Waals surface area contributed by atoms with Gasteiger partial charge in [0.25, 0.3) is 6.17 Å². The van der Waals surface area contributed by atoms with E-state index in [1.54, 1.807) is 0 Å². The van der Waals surface area contributed by atoms with E-state index < -0.39 is 0 Å². The van der Waals surface area contributed by atoms with Crippen LogP contribution in [0.2, 0.25) is 0 Å². The number of hydrogen-bond donors (Lipinski definition) is 0. The number of hydrogen-bond acceptors (Lipinski definition) is 1. The Morgan fingerprint density at radius 1 is 0.760 bits per heavy atom. The van der Waals surface area contributed by atoms with Gasteiger partial charge in [-0.1, -0.05) is 48.5 Å². The molecule has 0 bridgehead atoms. The van der Waals surface area contributed by atoms with E-state index in [-0.39, 0.29) is 6.17 Å². The number of nitrogens with zero attached hydrogens (tertiary/aromatic N) is 2. The lowest BCUT2D eigenvalue weighted by Crippen LogP contribution is -2.22. The normalized spacial score (nSPS) is 17.3. The second kappa shape index (κ2) is 5.25. The maximum atomic E-state index is 4.90. The highest BCUT2D eigenvalue weighted by atomic mass is 15.2. The SMILES string of the molecule is Cc1cccc(C)c1C1=[N+]2c3ccccc3-c3ccccc3C2N=C1. The lowest BCUT2D eigenvalue weighted by molar-refractivity contribution is -0.484. The first-order valence-corrected chi connectivity index (χ1v) is 8.70. The van der Waals surface area contributed by atoms with Crippen molar-refractivity contribution in [2.75, 3.05) is 0 Å². The van der Waals surface area contributed by atoms with Gasteiger partial charge < -0.3 is 0 Å². The van der Waals surface area contributed by atoms with Crippen molar-refractivity contribution < 1.29 is 4.58 Å². The van der Waals surface area contributed by atoms with Crippen LogP contribution >= 0.6 is 0 Å². The van der Waals surface area contributed by atoms with E-state index >= 15 is 0 Å². The number of para-hydroxylation sites is 1. The van der Waals surface area contributed by atoms with Crippen molar-refractivity contribution in [1.82, 2.24) is 0 Å². The van der Waals surface area contributed by atoms with Crippen molar-refractivity contribution in [1.29, 1.82) is 0 Å². The number of benzene rings is 3. The molecular weight excluding hydrogens is 304 g/mol. The minimum atomic E-state index is 0.0279. The summed E-state index contributed by atoms with van der Waals surface area (Å²) in [6, 6.07) is 23.8. The molecule has 0 amide bonds. The molecule has 0 saturated heterocycles. The molecule has 2 heteroatoms. The third kappa shape index (κ3) is 1.97. The Kier molecular flexibility index (Phi) is 3.01. The summed E-state index contributed by atoms with van der Waals surface area (Å²) in [5, 5.41) is 0. The lowest BCUT2D eigenvalue weighted by atomic mass is 9.91. The summed E-state index contributed by atoms with van der Waals surface area (Å²) in [7, 11) is 0. The molecule has 0 saturated carbocycles. The summed E-state index contributed by atoms with van der Waals surface area (Å²) in [4.78, 5) is 4.90. The van der Waals surface area contributed by atoms with E-state index in [4.69, 9.17) is 4.99 Å². The number of rotatable bonds is 1. The van der Waals surface area contributed by atoms with E-state index in [1.807, 2.05) is 0 Å². The predicted molar refractivity (Wildman–Crippen MR) is 103 cm³/mol. The Hall–Kier alpha value is -3.00. The van der Waals surface area contributed by atoms with Gasteiger partial charge in [-0.2, -0.15) is 4.58 Å². The lowest BCUT2D eigenvalue weighted by Gasteiger charge is -2.21. The average Bonchev–Trinajstić information content (AvgIpc) is 3.07. The molecular formula is C23H19N2+. The van der Waals surface area contributed by atoms with Crippen LogP contribution < -0.4 is 0 Å². The first kappa shape index (κ1) is 14.4. The largest absolute Gasteiger partial charge is 0.279 e. The van der Waals surface area contributed by atoms with Crippen LogP contribution in [0, 0.1) is 13.8 Å². The molecule has 0 radical (unpaired) electrons. The molecule has 120 valence electrons. The Morgan fingerprint density at radius 2 is 1.44 bits per heavy atom. The molecule has 3 aromatic carbocycles. The molecule has 25 heavy (non-hydrogen) atoms. The molecule has 2 nitrogen and oxygen atoms in total. The Morgan fingerprint density at radius 3 is 2.24 bits per heavy atom. The first-order valence-electron chi connectivity index (χ1n) is 8.70. The molecule has 0 N–H and O–H groups in total. The van der Waals surface area contributed by atoms with Gasteiger partial charge in [0.15, 0.2) is 0 Å². The van der Waals surface area contributed by atoms with Crippen LogP contribution in [0.5, 0.6) is 0 Å². The van der Waals surface area contributed by atoms with Crippen LogP contribution in [0.25, 0.3) is 11.1 Å². The third-order valence-corrected chi connectivity index (χ3v) is 5.27. The fraction of sp³-hybridized carbons (Fsp3) is 0.130. The van der Waals surface area contributed by atoms with Crippen molar-refractivity contribution in [2.45, 2.75) is 20.0 Å². The number of fused-ring (bicyclic) bond motifs is 6. The van der Waals surface area contributed by atoms with Crippen LogP contribution in [0.1, 0.15) is 28.4 Å². The van der Waals surface area contributed by atoms with E-state index in [9.17, 15) is 0 Å². The van der Waals surface area contributed by atoms with Gasteiger partial charge in [-0.15, -0.1) is 0 Å². The summed E-state index contributed by atoms with van der Waals surface area (Å²) >= 11 is 0. The van der Waals surface area contributed by atoms with E-state index in [1.165, 1.54) is 44.8 Å². The van der Waals surface area contributed by atoms with Gasteiger partial charge in [0, 0.05) is 11.6 Å². The molecule has 0 aliphatic carbocycles. The quantitative estimate of drug-likeness (QED) is 0.547. The van der Waals surface area contributed by atoms with Crippen molar-refractivity contribution in [3.63, 3.8) is 0 Å². The molecule has 2 aliphatic rings. The van der Waals surface area contributed by atoms with Crippen LogP contribution in [-0.4, -0.2) is 16.5 Å². The topological polar surface area (TPSA) is 15.4 Å². The molecule has 3 aromatic rings. The number of aryl methyl sites for hydroxylation is 2. The van der Waals surface area contributed by atoms with Gasteiger partial charge in [-0.25, -0.2) is 4.99 Å². The summed E-state index contributed by atoms with van der Waals surface area (Å²) in [6.07, 6.45) is 2.08. The molecule has 2 aliphatic heterocycles. The van der Waals surface area contributed by atoms with Crippen molar-refractivity contribution in [3.8, 4) is 11.1 Å². The molecule has 0 fully saturated rings. The van der Waals surface area contributed by atoms with Gasteiger partial charge in [-0.05, 0) is 37.1 Å². The second-order valence-corrected chi connectivity index (χ2v) is 6.78. The fourth-order valence-electron chi connectivity index (χ4n) is 4.17. The zero-order chi connectivity index (χ0) is 17.0. The average molecular weight is 323 g/mol. The summed E-state index contributed by atoms with van der Waals surface area (Å²) in [5.41, 5.74) is 10.2. The van der Waals surface area contributed by atoms with Crippen LogP contribution in [0.15, 0.2) is 71.7 Å². The minimum absolute atomic E-state index is 0.0279. The van der Waals surface area contributed by atoms with Crippen molar-refractivity contribution in [2.24, 2.45) is 4.99 Å². The maximum Gasteiger partial charge on any atom is 0.279 e. The van der Waals surface area contributed by atoms with E-state index in [0.717, 1.165) is 0 Å². The van der Waals surface area contributed by atoms with Gasteiger partial charge in [0.2, 0.25) is 11.4 Å². The zero-order valence-electron chi connectivity index (χ0n) is 14.4. The summed E-state index contributed by atoms with van der Waals surface area (Å²) in [5.74, 6) is 0. The fourth-order valence-corrected chi connectivity index (χ4v) is 4.17. The molecule has 0 aromatic heterocycles. The van der Waals surface area contributed by atoms with Gasteiger partial charge in [0.1, 0.15) is 6.21 Å². The highest BCUT2D eigenvalue weighted by Crippen LogP contribution is 2.45. The highest BCUT2D eigenvalue weighted by molar-refractivity contribution is 6.37. The first-order chi connectivity index (χ1) is 12.3. The second-order valence-electron chi connectivity index (χ2n) is 6.78. The summed E-state index contributed by atoms with van der Waals surface area (Å²) < 4.78 is 2.40. The molecule has 0 spiro atoms. The smallest absolute Gasteiger partial charge is 0.214 e. The van der Waals surface area contributed by atoms with Crippen LogP contribution in [0.3, 0.4) is 0 Å². The summed E-state index contributed by atoms with van der Waals surface area (Å²) in [6.45, 7) is 4.36.